The number of piperidine rings is 1. The number of fused-ring (bicyclic) bond motifs is 2. The number of nitrogens with one attached hydrogen (secondary N) is 3. The monoisotopic (exact) mass is 681 g/mol. The van der Waals surface area contributed by atoms with Crippen molar-refractivity contribution in [3.8, 4) is 5.75 Å². The number of aromatic nitrogens is 5. The molecule has 0 bridgehead atoms. The summed E-state index contributed by atoms with van der Waals surface area (Å²) in [5, 5.41) is 28.2. The zero-order valence-electron chi connectivity index (χ0n) is 30.2. The first-order valence-corrected chi connectivity index (χ1v) is 17.7. The summed E-state index contributed by atoms with van der Waals surface area (Å²) in [5.74, 6) is 2.01. The first-order valence-electron chi connectivity index (χ1n) is 17.7. The van der Waals surface area contributed by atoms with Crippen molar-refractivity contribution in [1.29, 1.82) is 5.41 Å². The van der Waals surface area contributed by atoms with Crippen molar-refractivity contribution in [3.63, 3.8) is 0 Å². The third kappa shape index (κ3) is 8.32. The molecule has 1 aromatic carbocycles. The fraction of sp³-hybridized carbons (Fsp3) is 0.514. The molecule has 2 amide bonds. The minimum absolute atomic E-state index is 0.174. The molecule has 3 atom stereocenters. The van der Waals surface area contributed by atoms with Gasteiger partial charge in [-0.15, -0.1) is 10.2 Å². The number of hydrogen-bond donors (Lipinski definition) is 3. The van der Waals surface area contributed by atoms with Crippen molar-refractivity contribution in [2.45, 2.75) is 91.0 Å². The molecule has 3 N–H and O–H groups in total. The van der Waals surface area contributed by atoms with Crippen LogP contribution in [0, 0.1) is 10.8 Å². The van der Waals surface area contributed by atoms with E-state index in [2.05, 4.69) is 54.8 Å². The molecule has 0 radical (unpaired) electrons. The molecule has 1 aliphatic carbocycles. The Labute approximate surface area is 294 Å². The molecular weight excluding hydrogens is 630 g/mol. The second-order valence-corrected chi connectivity index (χ2v) is 14.8. The molecule has 13 nitrogen and oxygen atoms in total. The zero-order chi connectivity index (χ0) is 35.4. The van der Waals surface area contributed by atoms with Crippen LogP contribution in [0.1, 0.15) is 89.5 Å². The first-order chi connectivity index (χ1) is 23.9. The molecule has 4 aromatic rings. The van der Waals surface area contributed by atoms with Crippen LogP contribution < -0.4 is 20.3 Å². The van der Waals surface area contributed by atoms with Gasteiger partial charge in [0, 0.05) is 31.3 Å². The number of carbonyl (C=O) groups is 1. The summed E-state index contributed by atoms with van der Waals surface area (Å²) in [6.45, 7) is 10.8. The maximum Gasteiger partial charge on any atom is 0.320 e. The molecule has 6 rings (SSSR count). The van der Waals surface area contributed by atoms with Crippen molar-refractivity contribution in [1.82, 2.24) is 39.9 Å². The average molecular weight is 682 g/mol. The standard InChI is InChI=1S/C37H51N11O2/c1-25-11-9-10-18-47(25)36-44-43-34-17-14-27(24-48(34)36)50-31-16-15-30(28-12-7-8-13-29(28)31)41-35(49)42-33(21-32(38)37(2,3)4)40-26-22-39-46(23-26)20-19-45(5)6/h7-8,12-14,17,22-25,30-31,38H,9-11,15-16,18-21H2,1-6H3,(H2,40,41,42,49). The topological polar surface area (TPSA) is 141 Å². The van der Waals surface area contributed by atoms with Gasteiger partial charge in [0.2, 0.25) is 5.95 Å². The van der Waals surface area contributed by atoms with Gasteiger partial charge in [0.05, 0.1) is 31.2 Å². The van der Waals surface area contributed by atoms with Crippen LogP contribution in [0.4, 0.5) is 16.4 Å². The van der Waals surface area contributed by atoms with Crippen LogP contribution in [0.5, 0.6) is 5.75 Å². The lowest BCUT2D eigenvalue weighted by molar-refractivity contribution is 0.171. The van der Waals surface area contributed by atoms with Gasteiger partial charge >= 0.3 is 6.03 Å². The summed E-state index contributed by atoms with van der Waals surface area (Å²) < 4.78 is 10.5. The Balaban J connectivity index is 1.16. The van der Waals surface area contributed by atoms with E-state index >= 15 is 0 Å². The molecule has 0 spiro atoms. The predicted molar refractivity (Wildman–Crippen MR) is 197 cm³/mol. The maximum atomic E-state index is 13.5. The van der Waals surface area contributed by atoms with Crippen LogP contribution >= 0.6 is 0 Å². The number of urea groups is 1. The number of rotatable bonds is 10. The normalized spacial score (nSPS) is 19.8. The molecule has 1 saturated heterocycles. The number of carbonyl (C=O) groups excluding carboxylic acids is 1. The highest BCUT2D eigenvalue weighted by atomic mass is 16.5. The van der Waals surface area contributed by atoms with E-state index in [0.29, 0.717) is 29.7 Å². The van der Waals surface area contributed by atoms with Gasteiger partial charge in [-0.2, -0.15) is 5.10 Å². The lowest BCUT2D eigenvalue weighted by Gasteiger charge is -2.33. The minimum Gasteiger partial charge on any atom is -0.484 e. The Kier molecular flexibility index (Phi) is 10.5. The summed E-state index contributed by atoms with van der Waals surface area (Å²) in [4.78, 5) is 22.7. The Bertz CT molecular complexity index is 1840. The second kappa shape index (κ2) is 15.0. The van der Waals surface area contributed by atoms with Crippen molar-refractivity contribution in [3.05, 3.63) is 66.1 Å². The van der Waals surface area contributed by atoms with Crippen molar-refractivity contribution in [2.75, 3.05) is 32.1 Å². The van der Waals surface area contributed by atoms with Crippen LogP contribution in [0.2, 0.25) is 0 Å². The highest BCUT2D eigenvalue weighted by Gasteiger charge is 2.30. The number of ether oxygens (including phenoxy) is 1. The van der Waals surface area contributed by atoms with Crippen molar-refractivity contribution < 1.29 is 9.53 Å². The van der Waals surface area contributed by atoms with E-state index in [1.807, 2.05) is 80.6 Å². The van der Waals surface area contributed by atoms with Crippen LogP contribution in [0.3, 0.4) is 0 Å². The van der Waals surface area contributed by atoms with Gasteiger partial charge in [0.25, 0.3) is 0 Å². The lowest BCUT2D eigenvalue weighted by Crippen LogP contribution is -2.43. The Hall–Kier alpha value is -4.78. The predicted octanol–water partition coefficient (Wildman–Crippen LogP) is 6.31. The first kappa shape index (κ1) is 35.1. The Morgan fingerprint density at radius 3 is 2.62 bits per heavy atom. The number of nitrogens with zero attached hydrogens (tertiary/aromatic N) is 8. The van der Waals surface area contributed by atoms with Crippen LogP contribution in [-0.4, -0.2) is 80.1 Å². The zero-order valence-corrected chi connectivity index (χ0v) is 30.2. The van der Waals surface area contributed by atoms with Gasteiger partial charge in [0.1, 0.15) is 23.4 Å². The number of hydrogen-bond acceptors (Lipinski definition) is 9. The third-order valence-electron chi connectivity index (χ3n) is 9.60. The van der Waals surface area contributed by atoms with E-state index in [4.69, 9.17) is 15.1 Å². The third-order valence-corrected chi connectivity index (χ3v) is 9.60. The quantitative estimate of drug-likeness (QED) is 0.132. The molecule has 1 aliphatic heterocycles. The van der Waals surface area contributed by atoms with E-state index in [1.165, 1.54) is 6.42 Å². The van der Waals surface area contributed by atoms with E-state index in [-0.39, 0.29) is 30.0 Å². The molecule has 1 fully saturated rings. The maximum absolute atomic E-state index is 13.5. The van der Waals surface area contributed by atoms with Gasteiger partial charge in [0.15, 0.2) is 5.65 Å². The average Bonchev–Trinajstić information content (AvgIpc) is 3.71. The molecule has 3 aromatic heterocycles. The van der Waals surface area contributed by atoms with E-state index in [0.717, 1.165) is 67.4 Å². The smallest absolute Gasteiger partial charge is 0.320 e. The largest absolute Gasteiger partial charge is 0.484 e. The Morgan fingerprint density at radius 2 is 1.86 bits per heavy atom. The number of amidine groups is 1. The number of likely N-dealkylation sites (N-methyl/N-ethyl adjacent to an activating group) is 1. The summed E-state index contributed by atoms with van der Waals surface area (Å²) in [7, 11) is 4.04. The van der Waals surface area contributed by atoms with Crippen molar-refractivity contribution >= 4 is 34.9 Å². The molecule has 13 heteroatoms. The fourth-order valence-corrected chi connectivity index (χ4v) is 6.57. The lowest BCUT2D eigenvalue weighted by atomic mass is 9.85. The summed E-state index contributed by atoms with van der Waals surface area (Å²) in [5.41, 5.74) is 3.61. The number of amides is 2. The molecule has 4 heterocycles. The molecular formula is C37H51N11O2. The Morgan fingerprint density at radius 1 is 1.06 bits per heavy atom. The highest BCUT2D eigenvalue weighted by molar-refractivity contribution is 6.09. The minimum atomic E-state index is -0.363. The number of anilines is 1. The van der Waals surface area contributed by atoms with Gasteiger partial charge in [-0.3, -0.25) is 14.4 Å². The fourth-order valence-electron chi connectivity index (χ4n) is 6.57. The highest BCUT2D eigenvalue weighted by Crippen LogP contribution is 2.39. The van der Waals surface area contributed by atoms with E-state index < -0.39 is 0 Å². The van der Waals surface area contributed by atoms with Gasteiger partial charge in [-0.25, -0.2) is 9.79 Å². The van der Waals surface area contributed by atoms with E-state index in [1.54, 1.807) is 6.20 Å². The van der Waals surface area contributed by atoms with E-state index in [9.17, 15) is 4.79 Å². The molecule has 50 heavy (non-hydrogen) atoms. The second-order valence-electron chi connectivity index (χ2n) is 14.8. The van der Waals surface area contributed by atoms with Crippen molar-refractivity contribution in [2.24, 2.45) is 10.4 Å². The van der Waals surface area contributed by atoms with Crippen LogP contribution in [0.15, 0.2) is 60.0 Å². The summed E-state index contributed by atoms with van der Waals surface area (Å²) in [6.07, 6.45) is 10.5. The summed E-state index contributed by atoms with van der Waals surface area (Å²) in [6, 6.07) is 11.9. The number of benzene rings is 1. The molecule has 266 valence electrons. The molecule has 0 saturated carbocycles. The van der Waals surface area contributed by atoms with Crippen LogP contribution in [-0.2, 0) is 6.54 Å². The number of aliphatic imine (C=N–C) groups is 1. The van der Waals surface area contributed by atoms with Crippen LogP contribution in [0.25, 0.3) is 5.65 Å². The molecule has 3 unspecified atom stereocenters. The van der Waals surface area contributed by atoms with Gasteiger partial charge in [-0.1, -0.05) is 45.0 Å². The summed E-state index contributed by atoms with van der Waals surface area (Å²) >= 11 is 0. The van der Waals surface area contributed by atoms with Gasteiger partial charge in [-0.05, 0) is 81.8 Å². The molecule has 2 aliphatic rings. The number of pyridine rings is 1. The van der Waals surface area contributed by atoms with Gasteiger partial charge < -0.3 is 25.3 Å². The SMILES string of the molecule is CC1CCCCN1c1nnc2ccc(OC3CCC(NC(=O)NC(CC(=N)C(C)(C)C)=Nc4cnn(CCN(C)C)c4)c4ccccc43)cn12.